The first-order valence-corrected chi connectivity index (χ1v) is 10.5. The molecule has 160 valence electrons. The van der Waals surface area contributed by atoms with Crippen molar-refractivity contribution in [2.75, 3.05) is 32.1 Å². The minimum Gasteiger partial charge on any atom is -0.479 e. The van der Waals surface area contributed by atoms with Gasteiger partial charge in [0, 0.05) is 19.2 Å². The number of methoxy groups -OCH3 is 1. The topological polar surface area (TPSA) is 114 Å². The molecular formula is C18H20F2N6O3S. The Morgan fingerprint density at radius 2 is 1.97 bits per heavy atom. The van der Waals surface area contributed by atoms with Crippen molar-refractivity contribution in [3.05, 3.63) is 47.2 Å². The summed E-state index contributed by atoms with van der Waals surface area (Å²) < 4.78 is 61.2. The van der Waals surface area contributed by atoms with Crippen molar-refractivity contribution in [2.24, 2.45) is 10.7 Å². The van der Waals surface area contributed by atoms with E-state index in [0.29, 0.717) is 0 Å². The minimum atomic E-state index is -3.98. The number of rotatable bonds is 3. The molecule has 12 heteroatoms. The second kappa shape index (κ2) is 6.76. The van der Waals surface area contributed by atoms with E-state index in [2.05, 4.69) is 15.0 Å². The normalized spacial score (nSPS) is 25.1. The van der Waals surface area contributed by atoms with Gasteiger partial charge in [-0.25, -0.2) is 27.1 Å². The molecule has 30 heavy (non-hydrogen) atoms. The van der Waals surface area contributed by atoms with Crippen LogP contribution in [0.5, 0.6) is 5.88 Å². The van der Waals surface area contributed by atoms with Crippen LogP contribution in [0.15, 0.2) is 29.3 Å². The molecule has 1 saturated heterocycles. The van der Waals surface area contributed by atoms with Gasteiger partial charge in [0.15, 0.2) is 0 Å². The molecule has 2 aromatic rings. The van der Waals surface area contributed by atoms with Crippen LogP contribution in [0.4, 0.5) is 14.7 Å². The zero-order valence-corrected chi connectivity index (χ0v) is 17.3. The summed E-state index contributed by atoms with van der Waals surface area (Å²) in [5, 5.41) is -1.15. The van der Waals surface area contributed by atoms with Gasteiger partial charge in [-0.15, -0.1) is 0 Å². The Hall–Kier alpha value is -3.02. The number of aryl methyl sites for hydroxylation is 1. The van der Waals surface area contributed by atoms with Crippen LogP contribution in [0.25, 0.3) is 0 Å². The van der Waals surface area contributed by atoms with Crippen molar-refractivity contribution in [3.63, 3.8) is 0 Å². The van der Waals surface area contributed by atoms with Crippen molar-refractivity contribution in [1.82, 2.24) is 14.3 Å². The molecule has 2 atom stereocenters. The predicted octanol–water partition coefficient (Wildman–Crippen LogP) is 0.746. The van der Waals surface area contributed by atoms with Crippen LogP contribution in [0.1, 0.15) is 11.3 Å². The van der Waals surface area contributed by atoms with Gasteiger partial charge >= 0.3 is 0 Å². The lowest BCUT2D eigenvalue weighted by Gasteiger charge is -2.38. The Labute approximate surface area is 172 Å². The van der Waals surface area contributed by atoms with E-state index in [4.69, 9.17) is 10.5 Å². The molecule has 1 aromatic heterocycles. The predicted molar refractivity (Wildman–Crippen MR) is 106 cm³/mol. The molecule has 1 fully saturated rings. The highest BCUT2D eigenvalue weighted by Gasteiger charge is 2.60. The summed E-state index contributed by atoms with van der Waals surface area (Å²) in [7, 11) is -1.42. The van der Waals surface area contributed by atoms with Gasteiger partial charge in [0.1, 0.15) is 16.6 Å². The van der Waals surface area contributed by atoms with Gasteiger partial charge in [0.05, 0.1) is 19.3 Å². The number of nitrogens with two attached hydrogens (primary N) is 1. The van der Waals surface area contributed by atoms with Crippen molar-refractivity contribution in [3.8, 4) is 5.88 Å². The second-order valence-corrected chi connectivity index (χ2v) is 9.33. The number of anilines is 1. The van der Waals surface area contributed by atoms with Crippen molar-refractivity contribution in [2.45, 2.75) is 17.7 Å². The van der Waals surface area contributed by atoms with E-state index in [9.17, 15) is 17.2 Å². The van der Waals surface area contributed by atoms with E-state index >= 15 is 0 Å². The molecule has 1 aromatic carbocycles. The minimum absolute atomic E-state index is 0.0367. The van der Waals surface area contributed by atoms with Gasteiger partial charge < -0.3 is 15.4 Å². The molecule has 0 radical (unpaired) electrons. The first-order valence-electron chi connectivity index (χ1n) is 9.03. The van der Waals surface area contributed by atoms with E-state index in [1.807, 2.05) is 0 Å². The van der Waals surface area contributed by atoms with Gasteiger partial charge in [-0.05, 0) is 13.0 Å². The zero-order chi connectivity index (χ0) is 21.8. The highest BCUT2D eigenvalue weighted by molar-refractivity contribution is 7.90. The van der Waals surface area contributed by atoms with Crippen LogP contribution >= 0.6 is 0 Å². The van der Waals surface area contributed by atoms with Crippen LogP contribution in [-0.2, 0) is 15.6 Å². The number of guanidine groups is 1. The molecule has 3 heterocycles. The molecule has 9 nitrogen and oxygen atoms in total. The number of halogens is 2. The molecule has 2 aliphatic rings. The number of nitrogens with zero attached hydrogens (tertiary/aromatic N) is 5. The zero-order valence-electron chi connectivity index (χ0n) is 16.5. The summed E-state index contributed by atoms with van der Waals surface area (Å²) in [6.07, 6.45) is 0. The van der Waals surface area contributed by atoms with Gasteiger partial charge in [0.2, 0.25) is 27.7 Å². The van der Waals surface area contributed by atoms with Gasteiger partial charge in [-0.3, -0.25) is 0 Å². The highest BCUT2D eigenvalue weighted by Crippen LogP contribution is 2.45. The summed E-state index contributed by atoms with van der Waals surface area (Å²) in [6.45, 7) is 1.28. The molecule has 4 rings (SSSR count). The number of sulfonamides is 1. The number of aromatic nitrogens is 2. The molecule has 0 saturated carbocycles. The van der Waals surface area contributed by atoms with Crippen LogP contribution in [0, 0.1) is 18.6 Å². The average Bonchev–Trinajstić information content (AvgIpc) is 3.10. The van der Waals surface area contributed by atoms with Gasteiger partial charge in [-0.2, -0.15) is 9.37 Å². The monoisotopic (exact) mass is 438 g/mol. The number of hydrogen-bond acceptors (Lipinski definition) is 8. The standard InChI is InChI=1S/C18H20F2N6O3S/c1-10-14(20)15(29-3)23-17(22-10)26-8-13-18(9-26,11-6-4-5-7-12(11)19)24-16(21)25(2)30(13,27)28/h4-7,13H,8-9H2,1-3H3,(H2,21,24)/t13?,18-/m1/s1. The van der Waals surface area contributed by atoms with E-state index in [0.717, 1.165) is 4.31 Å². The Kier molecular flexibility index (Phi) is 4.56. The van der Waals surface area contributed by atoms with Crippen molar-refractivity contribution < 1.29 is 21.9 Å². The molecule has 1 unspecified atom stereocenters. The fourth-order valence-electron chi connectivity index (χ4n) is 3.93. The lowest BCUT2D eigenvalue weighted by atomic mass is 9.88. The van der Waals surface area contributed by atoms with Crippen LogP contribution in [0.2, 0.25) is 0 Å². The maximum atomic E-state index is 14.8. The van der Waals surface area contributed by atoms with Crippen LogP contribution in [-0.4, -0.2) is 61.1 Å². The Morgan fingerprint density at radius 3 is 2.63 bits per heavy atom. The Morgan fingerprint density at radius 1 is 1.27 bits per heavy atom. The highest BCUT2D eigenvalue weighted by atomic mass is 32.2. The molecule has 2 aliphatic heterocycles. The molecule has 0 bridgehead atoms. The quantitative estimate of drug-likeness (QED) is 0.752. The Balaban J connectivity index is 1.91. The lowest BCUT2D eigenvalue weighted by molar-refractivity contribution is 0.365. The summed E-state index contributed by atoms with van der Waals surface area (Å²) in [5.41, 5.74) is 4.53. The fraction of sp³-hybridized carbons (Fsp3) is 0.389. The van der Waals surface area contributed by atoms with E-state index < -0.39 is 32.4 Å². The lowest BCUT2D eigenvalue weighted by Crippen LogP contribution is -2.57. The largest absolute Gasteiger partial charge is 0.479 e. The summed E-state index contributed by atoms with van der Waals surface area (Å²) >= 11 is 0. The van der Waals surface area contributed by atoms with Crippen LogP contribution < -0.4 is 15.4 Å². The van der Waals surface area contributed by atoms with Gasteiger partial charge in [-0.1, -0.05) is 18.2 Å². The SMILES string of the molecule is COc1nc(N2CC3[C@](c4ccccc4F)(C2)N=C(N)N(C)S3(=O)=O)nc(C)c1F. The molecule has 0 spiro atoms. The van der Waals surface area contributed by atoms with Crippen LogP contribution in [0.3, 0.4) is 0 Å². The van der Waals surface area contributed by atoms with E-state index in [-0.39, 0.29) is 42.1 Å². The Bertz CT molecular complexity index is 1160. The maximum absolute atomic E-state index is 14.8. The number of aliphatic imine (C=N–C) groups is 1. The number of ether oxygens (including phenoxy) is 1. The third-order valence-electron chi connectivity index (χ3n) is 5.52. The molecular weight excluding hydrogens is 418 g/mol. The first kappa shape index (κ1) is 20.3. The smallest absolute Gasteiger partial charge is 0.255 e. The van der Waals surface area contributed by atoms with Gasteiger partial charge in [0.25, 0.3) is 5.88 Å². The molecule has 0 aliphatic carbocycles. The fourth-order valence-corrected chi connectivity index (χ4v) is 5.73. The first-order chi connectivity index (χ1) is 14.1. The third-order valence-corrected chi connectivity index (χ3v) is 7.73. The van der Waals surface area contributed by atoms with Crippen molar-refractivity contribution >= 4 is 21.9 Å². The van der Waals surface area contributed by atoms with Crippen molar-refractivity contribution in [1.29, 1.82) is 0 Å². The summed E-state index contributed by atoms with van der Waals surface area (Å²) in [5.74, 6) is -1.77. The number of benzene rings is 1. The van der Waals surface area contributed by atoms with E-state index in [1.165, 1.54) is 44.2 Å². The van der Waals surface area contributed by atoms with E-state index in [1.54, 1.807) is 6.07 Å². The third kappa shape index (κ3) is 2.77. The average molecular weight is 438 g/mol. The summed E-state index contributed by atoms with van der Waals surface area (Å²) in [6, 6.07) is 5.83. The molecule has 0 amide bonds. The summed E-state index contributed by atoms with van der Waals surface area (Å²) in [4.78, 5) is 14.2. The maximum Gasteiger partial charge on any atom is 0.255 e. The second-order valence-electron chi connectivity index (χ2n) is 7.19. The number of hydrogen-bond donors (Lipinski definition) is 1. The number of fused-ring (bicyclic) bond motifs is 1. The molecule has 2 N–H and O–H groups in total.